The summed E-state index contributed by atoms with van der Waals surface area (Å²) in [6.07, 6.45) is 2.84. The van der Waals surface area contributed by atoms with E-state index in [4.69, 9.17) is 30.4 Å². The smallest absolute Gasteiger partial charge is 0.185 e. The molecule has 0 aromatic carbocycles. The minimum atomic E-state index is -1.50. The number of nitrogens with two attached hydrogens (primary N) is 2. The Morgan fingerprint density at radius 1 is 1.24 bits per heavy atom. The first kappa shape index (κ1) is 31.9. The number of aliphatic imine (C=N–C) groups is 1. The van der Waals surface area contributed by atoms with E-state index in [2.05, 4.69) is 38.8 Å². The molecular weight excluding hydrogens is 538 g/mol. The maximum absolute atomic E-state index is 12.0. The lowest BCUT2D eigenvalue weighted by Gasteiger charge is -2.43. The third-order valence-electron chi connectivity index (χ3n) is 10.7. The van der Waals surface area contributed by atoms with Gasteiger partial charge in [0.05, 0.1) is 25.4 Å². The van der Waals surface area contributed by atoms with Crippen LogP contribution in [-0.2, 0) is 18.9 Å². The van der Waals surface area contributed by atoms with E-state index in [-0.39, 0.29) is 41.2 Å². The van der Waals surface area contributed by atoms with E-state index in [0.29, 0.717) is 32.1 Å². The molecule has 1 aliphatic heterocycles. The number of hydrogen-bond acceptors (Lipinski definition) is 8. The Morgan fingerprint density at radius 3 is 2.69 bits per heavy atom. The summed E-state index contributed by atoms with van der Waals surface area (Å²) in [5.74, 6) is 0.482. The highest BCUT2D eigenvalue weighted by Gasteiger charge is 2.60. The molecule has 0 spiro atoms. The number of guanidine groups is 1. The molecule has 10 nitrogen and oxygen atoms in total. The van der Waals surface area contributed by atoms with Gasteiger partial charge < -0.3 is 45.7 Å². The Hall–Kier alpha value is -1.53. The molecule has 42 heavy (non-hydrogen) atoms. The number of aliphatic hydroxyl groups excluding tert-OH is 3. The minimum absolute atomic E-state index is 0.0194. The van der Waals surface area contributed by atoms with Gasteiger partial charge in [-0.2, -0.15) is 0 Å². The molecule has 5 aliphatic rings. The molecule has 5 rings (SSSR count). The number of allylic oxidation sites excluding steroid dienone is 2. The molecule has 10 heteroatoms. The summed E-state index contributed by atoms with van der Waals surface area (Å²) in [5, 5.41) is 34.9. The number of methoxy groups -OCH3 is 1. The van der Waals surface area contributed by atoms with Gasteiger partial charge >= 0.3 is 0 Å². The van der Waals surface area contributed by atoms with Gasteiger partial charge in [-0.15, -0.1) is 0 Å². The van der Waals surface area contributed by atoms with Crippen molar-refractivity contribution in [1.82, 2.24) is 0 Å². The van der Waals surface area contributed by atoms with Gasteiger partial charge in [-0.3, -0.25) is 4.99 Å². The Labute approximate surface area is 250 Å². The van der Waals surface area contributed by atoms with Crippen LogP contribution in [0.1, 0.15) is 66.2 Å². The highest BCUT2D eigenvalue weighted by molar-refractivity contribution is 5.75. The molecule has 7 N–H and O–H groups in total. The Balaban J connectivity index is 1.38. The number of nitrogens with zero attached hydrogens (tertiary/aromatic N) is 1. The maximum Gasteiger partial charge on any atom is 0.185 e. The first-order chi connectivity index (χ1) is 20.0. The van der Waals surface area contributed by atoms with Crippen LogP contribution in [-0.4, -0.2) is 85.1 Å². The predicted molar refractivity (Wildman–Crippen MR) is 159 cm³/mol. The van der Waals surface area contributed by atoms with Crippen LogP contribution in [0.15, 0.2) is 27.8 Å². The molecule has 3 fully saturated rings. The second-order valence-electron chi connectivity index (χ2n) is 13.8. The zero-order valence-corrected chi connectivity index (χ0v) is 25.9. The van der Waals surface area contributed by atoms with E-state index in [1.165, 1.54) is 11.1 Å². The molecule has 12 atom stereocenters. The molecule has 1 heterocycles. The number of rotatable bonds is 12. The summed E-state index contributed by atoms with van der Waals surface area (Å²) in [5.41, 5.74) is 14.2. The van der Waals surface area contributed by atoms with Gasteiger partial charge in [-0.1, -0.05) is 44.9 Å². The fourth-order valence-electron chi connectivity index (χ4n) is 8.35. The van der Waals surface area contributed by atoms with E-state index < -0.39 is 36.8 Å². The number of aliphatic hydroxyl groups is 3. The summed E-state index contributed by atoms with van der Waals surface area (Å²) < 4.78 is 24.0. The zero-order chi connectivity index (χ0) is 30.3. The largest absolute Gasteiger partial charge is 0.390 e. The normalized spacial score (nSPS) is 41.8. The van der Waals surface area contributed by atoms with Crippen LogP contribution in [0.5, 0.6) is 0 Å². The maximum atomic E-state index is 12.0. The molecule has 3 unspecified atom stereocenters. The van der Waals surface area contributed by atoms with Crippen LogP contribution in [0.25, 0.3) is 0 Å². The van der Waals surface area contributed by atoms with Crippen LogP contribution in [0.3, 0.4) is 0 Å². The number of hydrogen-bond donors (Lipinski definition) is 5. The molecule has 2 saturated carbocycles. The zero-order valence-electron chi connectivity index (χ0n) is 25.9. The van der Waals surface area contributed by atoms with Gasteiger partial charge in [0.15, 0.2) is 18.5 Å². The monoisotopic (exact) mass is 591 g/mol. The topological polar surface area (TPSA) is 162 Å². The number of fused-ring (bicyclic) bond motifs is 3. The number of ether oxygens (including phenoxy) is 4. The van der Waals surface area contributed by atoms with Crippen LogP contribution in [0.2, 0.25) is 0 Å². The average Bonchev–Trinajstić information content (AvgIpc) is 3.25. The van der Waals surface area contributed by atoms with Crippen molar-refractivity contribution in [3.05, 3.63) is 22.8 Å². The van der Waals surface area contributed by atoms with Crippen molar-refractivity contribution in [2.45, 2.75) is 103 Å². The lowest BCUT2D eigenvalue weighted by molar-refractivity contribution is -0.241. The van der Waals surface area contributed by atoms with Gasteiger partial charge in [0.25, 0.3) is 0 Å². The van der Waals surface area contributed by atoms with Gasteiger partial charge in [0, 0.05) is 30.9 Å². The highest BCUT2D eigenvalue weighted by Crippen LogP contribution is 2.56. The summed E-state index contributed by atoms with van der Waals surface area (Å²) in [6.45, 7) is 10.2. The molecule has 0 aromatic heterocycles. The van der Waals surface area contributed by atoms with Crippen LogP contribution in [0, 0.1) is 40.9 Å². The SMILES string of the molecule is COC[C@H]1CC[C@@H]2/C1=C\[C@@]1(C)CCC(C(C)C)=C1[C@@H](O[C@@H](O)C(O)C1[C@H](OCCCN=C(N)N)OC3C[C@H]31)[C@H](O)[C@@H]2C. The Morgan fingerprint density at radius 2 is 2.00 bits per heavy atom. The fourth-order valence-corrected chi connectivity index (χ4v) is 8.35. The molecule has 1 saturated heterocycles. The van der Waals surface area contributed by atoms with Crippen LogP contribution >= 0.6 is 0 Å². The van der Waals surface area contributed by atoms with E-state index >= 15 is 0 Å². The first-order valence-corrected chi connectivity index (χ1v) is 15.9. The van der Waals surface area contributed by atoms with Crippen molar-refractivity contribution in [2.24, 2.45) is 57.4 Å². The van der Waals surface area contributed by atoms with Gasteiger partial charge in [0.1, 0.15) is 12.2 Å². The predicted octanol–water partition coefficient (Wildman–Crippen LogP) is 2.45. The molecule has 0 aromatic rings. The molecule has 0 bridgehead atoms. The molecule has 4 aliphatic carbocycles. The van der Waals surface area contributed by atoms with Crippen molar-refractivity contribution >= 4 is 5.96 Å². The van der Waals surface area contributed by atoms with Crippen molar-refractivity contribution in [2.75, 3.05) is 26.9 Å². The minimum Gasteiger partial charge on any atom is -0.390 e. The van der Waals surface area contributed by atoms with E-state index in [1.807, 2.05) is 0 Å². The van der Waals surface area contributed by atoms with Crippen molar-refractivity contribution < 1.29 is 34.3 Å². The van der Waals surface area contributed by atoms with Crippen molar-refractivity contribution in [3.8, 4) is 0 Å². The molecule has 238 valence electrons. The summed E-state index contributed by atoms with van der Waals surface area (Å²) in [4.78, 5) is 3.97. The lowest BCUT2D eigenvalue weighted by atomic mass is 9.68. The summed E-state index contributed by atoms with van der Waals surface area (Å²) in [6, 6.07) is 0. The van der Waals surface area contributed by atoms with E-state index in [0.717, 1.165) is 37.7 Å². The van der Waals surface area contributed by atoms with Crippen LogP contribution in [0.4, 0.5) is 0 Å². The average molecular weight is 592 g/mol. The highest BCUT2D eigenvalue weighted by atomic mass is 16.7. The lowest BCUT2D eigenvalue weighted by Crippen LogP contribution is -2.49. The van der Waals surface area contributed by atoms with Crippen molar-refractivity contribution in [1.29, 1.82) is 0 Å². The quantitative estimate of drug-likeness (QED) is 0.0754. The Kier molecular flexibility index (Phi) is 9.74. The second-order valence-corrected chi connectivity index (χ2v) is 13.8. The molecule has 0 radical (unpaired) electrons. The molecular formula is C32H53N3O7. The van der Waals surface area contributed by atoms with Gasteiger partial charge in [-0.05, 0) is 67.8 Å². The summed E-state index contributed by atoms with van der Waals surface area (Å²) in [7, 11) is 1.76. The third-order valence-corrected chi connectivity index (χ3v) is 10.7. The van der Waals surface area contributed by atoms with Gasteiger partial charge in [-0.25, -0.2) is 0 Å². The second kappa shape index (κ2) is 12.8. The third kappa shape index (κ3) is 6.18. The Bertz CT molecular complexity index is 1060. The molecule has 0 amide bonds. The summed E-state index contributed by atoms with van der Waals surface area (Å²) >= 11 is 0. The first-order valence-electron chi connectivity index (χ1n) is 15.9. The standard InChI is InChI=1S/C32H53N3O7/c1-16(2)19-9-10-32(4)14-22-18(15-39-5)7-8-20(22)17(3)26(36)28(25(19)32)42-29(38)27(37)24-21-13-23(21)41-30(24)40-12-6-11-35-31(33)34/h14,16-18,20-21,23-24,26-30,36-38H,6-13,15H2,1-5H3,(H4,33,34,35)/b22-14-/t17-,18-,20+,21-,23?,24?,26-,27?,28-,29-,30-,32-/m1/s1. The fraction of sp³-hybridized carbons (Fsp3) is 0.844. The van der Waals surface area contributed by atoms with E-state index in [1.54, 1.807) is 7.11 Å². The van der Waals surface area contributed by atoms with E-state index in [9.17, 15) is 15.3 Å². The van der Waals surface area contributed by atoms with Crippen molar-refractivity contribution in [3.63, 3.8) is 0 Å². The van der Waals surface area contributed by atoms with Crippen LogP contribution < -0.4 is 11.5 Å². The van der Waals surface area contributed by atoms with Gasteiger partial charge in [0.2, 0.25) is 0 Å².